The summed E-state index contributed by atoms with van der Waals surface area (Å²) in [4.78, 5) is 8.59. The molecule has 3 nitrogen and oxygen atoms in total. The van der Waals surface area contributed by atoms with Gasteiger partial charge in [0, 0.05) is 18.2 Å². The second kappa shape index (κ2) is 5.96. The van der Waals surface area contributed by atoms with Gasteiger partial charge in [-0.15, -0.1) is 0 Å². The molecule has 2 rings (SSSR count). The monoisotopic (exact) mass is 387 g/mol. The van der Waals surface area contributed by atoms with Gasteiger partial charge in [0.15, 0.2) is 0 Å². The third kappa shape index (κ3) is 3.51. The molecule has 0 spiro atoms. The van der Waals surface area contributed by atoms with Gasteiger partial charge in [-0.3, -0.25) is 0 Å². The van der Waals surface area contributed by atoms with Crippen molar-refractivity contribution < 1.29 is 4.39 Å². The van der Waals surface area contributed by atoms with Crippen LogP contribution in [0.2, 0.25) is 0 Å². The van der Waals surface area contributed by atoms with Crippen LogP contribution in [-0.4, -0.2) is 9.97 Å². The van der Waals surface area contributed by atoms with Crippen molar-refractivity contribution in [3.63, 3.8) is 0 Å². The first-order valence-corrected chi connectivity index (χ1v) is 7.34. The summed E-state index contributed by atoms with van der Waals surface area (Å²) < 4.78 is 14.7. The number of aromatic nitrogens is 2. The fourth-order valence-corrected chi connectivity index (χ4v) is 2.49. The first kappa shape index (κ1) is 14.4. The Hall–Kier alpha value is -1.01. The molecular weight excluding hydrogens is 377 g/mol. The Balaban J connectivity index is 2.36. The SMILES string of the molecule is CCc1nc(Br)cc(Nc2cc(F)c(Br)cc2C)n1. The van der Waals surface area contributed by atoms with E-state index in [1.165, 1.54) is 6.07 Å². The minimum Gasteiger partial charge on any atom is -0.340 e. The maximum absolute atomic E-state index is 13.6. The van der Waals surface area contributed by atoms with Crippen molar-refractivity contribution in [1.29, 1.82) is 0 Å². The molecule has 0 aliphatic carbocycles. The predicted octanol–water partition coefficient (Wildman–Crippen LogP) is 4.76. The number of anilines is 2. The van der Waals surface area contributed by atoms with Crippen molar-refractivity contribution in [3.8, 4) is 0 Å². The topological polar surface area (TPSA) is 37.8 Å². The number of halogens is 3. The van der Waals surface area contributed by atoms with Crippen molar-refractivity contribution in [2.75, 3.05) is 5.32 Å². The highest BCUT2D eigenvalue weighted by molar-refractivity contribution is 9.10. The zero-order valence-corrected chi connectivity index (χ0v) is 13.6. The number of nitrogens with one attached hydrogen (secondary N) is 1. The minimum absolute atomic E-state index is 0.308. The number of benzene rings is 1. The Kier molecular flexibility index (Phi) is 4.52. The third-order valence-electron chi connectivity index (χ3n) is 2.59. The predicted molar refractivity (Wildman–Crippen MR) is 81.2 cm³/mol. The number of hydrogen-bond acceptors (Lipinski definition) is 3. The molecule has 0 amide bonds. The molecule has 0 aliphatic heterocycles. The molecule has 19 heavy (non-hydrogen) atoms. The number of aryl methyl sites for hydroxylation is 2. The van der Waals surface area contributed by atoms with E-state index in [-0.39, 0.29) is 5.82 Å². The van der Waals surface area contributed by atoms with E-state index in [0.29, 0.717) is 20.6 Å². The van der Waals surface area contributed by atoms with Crippen LogP contribution in [0.1, 0.15) is 18.3 Å². The maximum atomic E-state index is 13.6. The quantitative estimate of drug-likeness (QED) is 0.770. The molecule has 6 heteroatoms. The molecule has 0 atom stereocenters. The van der Waals surface area contributed by atoms with Crippen LogP contribution in [0.15, 0.2) is 27.3 Å². The van der Waals surface area contributed by atoms with Crippen LogP contribution >= 0.6 is 31.9 Å². The number of nitrogens with zero attached hydrogens (tertiary/aromatic N) is 2. The second-order valence-corrected chi connectivity index (χ2v) is 5.72. The summed E-state index contributed by atoms with van der Waals surface area (Å²) >= 11 is 6.50. The number of hydrogen-bond donors (Lipinski definition) is 1. The molecular formula is C13H12Br2FN3. The second-order valence-electron chi connectivity index (χ2n) is 4.05. The Morgan fingerprint density at radius 3 is 2.63 bits per heavy atom. The standard InChI is InChI=1S/C13H12Br2FN3/c1-3-12-18-11(15)6-13(19-12)17-10-5-9(16)8(14)4-7(10)2/h4-6H,3H2,1-2H3,(H,17,18,19). The Bertz CT molecular complexity index is 617. The Labute approximate surface area is 127 Å². The van der Waals surface area contributed by atoms with E-state index >= 15 is 0 Å². The lowest BCUT2D eigenvalue weighted by atomic mass is 10.2. The zero-order valence-electron chi connectivity index (χ0n) is 10.5. The van der Waals surface area contributed by atoms with Gasteiger partial charge in [-0.25, -0.2) is 14.4 Å². The minimum atomic E-state index is -0.308. The summed E-state index contributed by atoms with van der Waals surface area (Å²) in [5.41, 5.74) is 1.62. The molecule has 1 N–H and O–H groups in total. The smallest absolute Gasteiger partial charge is 0.139 e. The zero-order chi connectivity index (χ0) is 14.0. The summed E-state index contributed by atoms with van der Waals surface area (Å²) in [7, 11) is 0. The van der Waals surface area contributed by atoms with Gasteiger partial charge >= 0.3 is 0 Å². The highest BCUT2D eigenvalue weighted by Gasteiger charge is 2.07. The van der Waals surface area contributed by atoms with E-state index in [0.717, 1.165) is 17.8 Å². The first-order chi connectivity index (χ1) is 8.99. The summed E-state index contributed by atoms with van der Waals surface area (Å²) in [5.74, 6) is 1.06. The lowest BCUT2D eigenvalue weighted by molar-refractivity contribution is 0.621. The lowest BCUT2D eigenvalue weighted by Gasteiger charge is -2.11. The van der Waals surface area contributed by atoms with E-state index in [1.807, 2.05) is 13.8 Å². The van der Waals surface area contributed by atoms with Crippen LogP contribution in [0.25, 0.3) is 0 Å². The fraction of sp³-hybridized carbons (Fsp3) is 0.231. The molecule has 1 aromatic heterocycles. The molecule has 1 aromatic carbocycles. The molecule has 0 saturated carbocycles. The van der Waals surface area contributed by atoms with Gasteiger partial charge in [0.2, 0.25) is 0 Å². The van der Waals surface area contributed by atoms with Crippen molar-refractivity contribution >= 4 is 43.4 Å². The van der Waals surface area contributed by atoms with Crippen LogP contribution in [0.5, 0.6) is 0 Å². The average molecular weight is 389 g/mol. The largest absolute Gasteiger partial charge is 0.340 e. The van der Waals surface area contributed by atoms with Gasteiger partial charge in [0.1, 0.15) is 22.1 Å². The molecule has 2 aromatic rings. The Morgan fingerprint density at radius 1 is 1.21 bits per heavy atom. The Morgan fingerprint density at radius 2 is 1.95 bits per heavy atom. The van der Waals surface area contributed by atoms with E-state index in [4.69, 9.17) is 0 Å². The lowest BCUT2D eigenvalue weighted by Crippen LogP contribution is -2.01. The van der Waals surface area contributed by atoms with Crippen molar-refractivity contribution in [3.05, 3.63) is 44.5 Å². The maximum Gasteiger partial charge on any atom is 0.139 e. The van der Waals surface area contributed by atoms with Crippen molar-refractivity contribution in [2.45, 2.75) is 20.3 Å². The molecule has 0 aliphatic rings. The van der Waals surface area contributed by atoms with Gasteiger partial charge in [0.25, 0.3) is 0 Å². The van der Waals surface area contributed by atoms with E-state index in [1.54, 1.807) is 12.1 Å². The summed E-state index contributed by atoms with van der Waals surface area (Å²) in [5, 5.41) is 3.11. The number of rotatable bonds is 3. The van der Waals surface area contributed by atoms with Crippen LogP contribution in [0, 0.1) is 12.7 Å². The van der Waals surface area contributed by atoms with Crippen LogP contribution < -0.4 is 5.32 Å². The van der Waals surface area contributed by atoms with E-state index < -0.39 is 0 Å². The molecule has 0 radical (unpaired) electrons. The summed E-state index contributed by atoms with van der Waals surface area (Å²) in [6.07, 6.45) is 0.738. The van der Waals surface area contributed by atoms with Gasteiger partial charge in [-0.1, -0.05) is 6.92 Å². The van der Waals surface area contributed by atoms with Gasteiger partial charge < -0.3 is 5.32 Å². The molecule has 0 fully saturated rings. The third-order valence-corrected chi connectivity index (χ3v) is 3.60. The average Bonchev–Trinajstić information content (AvgIpc) is 2.35. The van der Waals surface area contributed by atoms with Crippen molar-refractivity contribution in [1.82, 2.24) is 9.97 Å². The highest BCUT2D eigenvalue weighted by Crippen LogP contribution is 2.26. The molecule has 0 unspecified atom stereocenters. The van der Waals surface area contributed by atoms with Crippen molar-refractivity contribution in [2.24, 2.45) is 0 Å². The van der Waals surface area contributed by atoms with Crippen LogP contribution in [0.4, 0.5) is 15.9 Å². The highest BCUT2D eigenvalue weighted by atomic mass is 79.9. The molecule has 1 heterocycles. The normalized spacial score (nSPS) is 10.6. The molecule has 0 saturated heterocycles. The molecule has 0 bridgehead atoms. The van der Waals surface area contributed by atoms with Gasteiger partial charge in [0.05, 0.1) is 4.47 Å². The van der Waals surface area contributed by atoms with E-state index in [9.17, 15) is 4.39 Å². The first-order valence-electron chi connectivity index (χ1n) is 5.75. The van der Waals surface area contributed by atoms with Gasteiger partial charge in [-0.05, 0) is 56.5 Å². The summed E-state index contributed by atoms with van der Waals surface area (Å²) in [6, 6.07) is 4.94. The van der Waals surface area contributed by atoms with Crippen LogP contribution in [0.3, 0.4) is 0 Å². The van der Waals surface area contributed by atoms with Gasteiger partial charge in [-0.2, -0.15) is 0 Å². The van der Waals surface area contributed by atoms with Crippen LogP contribution in [-0.2, 0) is 6.42 Å². The summed E-state index contributed by atoms with van der Waals surface area (Å²) in [6.45, 7) is 3.89. The fourth-order valence-electron chi connectivity index (χ4n) is 1.61. The van der Waals surface area contributed by atoms with E-state index in [2.05, 4.69) is 47.1 Å². The molecule has 100 valence electrons.